The van der Waals surface area contributed by atoms with Gasteiger partial charge >= 0.3 is 6.03 Å². The van der Waals surface area contributed by atoms with Crippen LogP contribution in [-0.4, -0.2) is 36.7 Å². The molecule has 2 atom stereocenters. The van der Waals surface area contributed by atoms with Gasteiger partial charge in [0.1, 0.15) is 17.8 Å². The highest BCUT2D eigenvalue weighted by Crippen LogP contribution is 2.28. The summed E-state index contributed by atoms with van der Waals surface area (Å²) in [6.45, 7) is 2.93. The van der Waals surface area contributed by atoms with Crippen molar-refractivity contribution in [1.82, 2.24) is 10.2 Å². The number of quaternary nitrogens is 1. The molecular formula is C22H26N3O3+. The molecule has 1 aliphatic heterocycles. The van der Waals surface area contributed by atoms with Crippen molar-refractivity contribution in [2.75, 3.05) is 13.8 Å². The number of urea groups is 1. The lowest BCUT2D eigenvalue weighted by Crippen LogP contribution is -3.13. The molecule has 0 aromatic heterocycles. The van der Waals surface area contributed by atoms with Crippen molar-refractivity contribution >= 4 is 11.9 Å². The van der Waals surface area contributed by atoms with Crippen LogP contribution in [0.25, 0.3) is 0 Å². The lowest BCUT2D eigenvalue weighted by Gasteiger charge is -2.25. The Morgan fingerprint density at radius 1 is 1.11 bits per heavy atom. The molecule has 0 radical (unpaired) electrons. The van der Waals surface area contributed by atoms with Gasteiger partial charge in [0.05, 0.1) is 13.2 Å². The maximum absolute atomic E-state index is 13.2. The Labute approximate surface area is 165 Å². The van der Waals surface area contributed by atoms with E-state index in [2.05, 4.69) is 5.32 Å². The number of benzene rings is 2. The molecule has 6 nitrogen and oxygen atoms in total. The summed E-state index contributed by atoms with van der Waals surface area (Å²) in [6.07, 6.45) is 2.26. The van der Waals surface area contributed by atoms with Gasteiger partial charge in [-0.15, -0.1) is 0 Å². The molecule has 0 bridgehead atoms. The third-order valence-corrected chi connectivity index (χ3v) is 5.73. The molecule has 2 aromatic rings. The van der Waals surface area contributed by atoms with E-state index >= 15 is 0 Å². The fraction of sp³-hybridized carbons (Fsp3) is 0.364. The van der Waals surface area contributed by atoms with E-state index in [-0.39, 0.29) is 11.9 Å². The molecule has 2 N–H and O–H groups in total. The van der Waals surface area contributed by atoms with Gasteiger partial charge in [0, 0.05) is 18.4 Å². The number of nitrogens with zero attached hydrogens (tertiary/aromatic N) is 1. The van der Waals surface area contributed by atoms with Crippen LogP contribution in [0.1, 0.15) is 30.9 Å². The minimum Gasteiger partial charge on any atom is -0.497 e. The summed E-state index contributed by atoms with van der Waals surface area (Å²) in [4.78, 5) is 28.4. The van der Waals surface area contributed by atoms with Crippen molar-refractivity contribution < 1.29 is 19.2 Å². The van der Waals surface area contributed by atoms with Gasteiger partial charge in [0.25, 0.3) is 5.91 Å². The summed E-state index contributed by atoms with van der Waals surface area (Å²) in [7, 11) is 1.65. The maximum Gasteiger partial charge on any atom is 0.329 e. The minimum atomic E-state index is -1.01. The van der Waals surface area contributed by atoms with Crippen LogP contribution in [0, 0.1) is 0 Å². The van der Waals surface area contributed by atoms with Gasteiger partial charge in [-0.25, -0.2) is 9.69 Å². The maximum atomic E-state index is 13.2. The highest BCUT2D eigenvalue weighted by Gasteiger charge is 2.51. The van der Waals surface area contributed by atoms with Crippen LogP contribution in [0.15, 0.2) is 54.6 Å². The lowest BCUT2D eigenvalue weighted by molar-refractivity contribution is -0.931. The zero-order valence-electron chi connectivity index (χ0n) is 16.3. The normalized spacial score (nSPS) is 22.9. The van der Waals surface area contributed by atoms with Crippen LogP contribution in [-0.2, 0) is 16.9 Å². The second kappa shape index (κ2) is 7.28. The molecule has 1 aliphatic carbocycles. The number of imide groups is 1. The SMILES string of the molecule is COc1ccc(C[NH+](CN2C(=O)N[C@](C)(c3ccccc3)C2=O)C2CC2)cc1. The smallest absolute Gasteiger partial charge is 0.329 e. The minimum absolute atomic E-state index is 0.184. The number of hydrogen-bond donors (Lipinski definition) is 2. The van der Waals surface area contributed by atoms with Crippen molar-refractivity contribution in [2.45, 2.75) is 37.9 Å². The Kier molecular flexibility index (Phi) is 4.81. The molecule has 1 saturated heterocycles. The fourth-order valence-electron chi connectivity index (χ4n) is 3.84. The monoisotopic (exact) mass is 380 g/mol. The molecule has 1 heterocycles. The molecule has 1 unspecified atom stereocenters. The van der Waals surface area contributed by atoms with Crippen LogP contribution in [0.2, 0.25) is 0 Å². The second-order valence-corrected chi connectivity index (χ2v) is 7.77. The molecule has 1 saturated carbocycles. The van der Waals surface area contributed by atoms with Crippen molar-refractivity contribution in [3.8, 4) is 5.75 Å². The van der Waals surface area contributed by atoms with Gasteiger partial charge < -0.3 is 15.0 Å². The molecule has 6 heteroatoms. The third kappa shape index (κ3) is 3.47. The summed E-state index contributed by atoms with van der Waals surface area (Å²) < 4.78 is 5.22. The number of nitrogens with one attached hydrogen (secondary N) is 2. The standard InChI is InChI=1S/C22H25N3O3/c1-22(17-6-4-3-5-7-17)20(26)25(21(27)23-22)15-24(18-10-11-18)14-16-8-12-19(28-2)13-9-16/h3-9,12-13,18H,10-11,14-15H2,1-2H3,(H,23,27)/p+1/t22-/m1/s1. The Morgan fingerprint density at radius 2 is 1.79 bits per heavy atom. The van der Waals surface area contributed by atoms with Gasteiger partial charge in [-0.1, -0.05) is 30.3 Å². The zero-order valence-corrected chi connectivity index (χ0v) is 16.3. The Morgan fingerprint density at radius 3 is 2.39 bits per heavy atom. The first-order chi connectivity index (χ1) is 13.5. The summed E-state index contributed by atoms with van der Waals surface area (Å²) in [5.41, 5.74) is 0.965. The molecule has 28 heavy (non-hydrogen) atoms. The van der Waals surface area contributed by atoms with E-state index in [1.165, 1.54) is 15.4 Å². The van der Waals surface area contributed by atoms with E-state index in [1.54, 1.807) is 14.0 Å². The molecule has 2 fully saturated rings. The van der Waals surface area contributed by atoms with Crippen LogP contribution >= 0.6 is 0 Å². The Balaban J connectivity index is 1.51. The highest BCUT2D eigenvalue weighted by atomic mass is 16.5. The summed E-state index contributed by atoms with van der Waals surface area (Å²) in [6, 6.07) is 17.6. The molecule has 3 amide bonds. The first-order valence-electron chi connectivity index (χ1n) is 9.68. The van der Waals surface area contributed by atoms with E-state index in [9.17, 15) is 9.59 Å². The Hall–Kier alpha value is -2.86. The third-order valence-electron chi connectivity index (χ3n) is 5.73. The predicted octanol–water partition coefficient (Wildman–Crippen LogP) is 1.67. The number of rotatable bonds is 7. The summed E-state index contributed by atoms with van der Waals surface area (Å²) >= 11 is 0. The van der Waals surface area contributed by atoms with Crippen LogP contribution in [0.3, 0.4) is 0 Å². The van der Waals surface area contributed by atoms with Gasteiger partial charge in [-0.3, -0.25) is 4.79 Å². The summed E-state index contributed by atoms with van der Waals surface area (Å²) in [5, 5.41) is 2.90. The van der Waals surface area contributed by atoms with Crippen LogP contribution in [0.5, 0.6) is 5.75 Å². The molecule has 2 aliphatic rings. The van der Waals surface area contributed by atoms with Crippen LogP contribution in [0.4, 0.5) is 4.79 Å². The Bertz CT molecular complexity index is 864. The number of amides is 3. The topological polar surface area (TPSA) is 63.1 Å². The van der Waals surface area contributed by atoms with Gasteiger partial charge in [-0.2, -0.15) is 0 Å². The summed E-state index contributed by atoms with van der Waals surface area (Å²) in [5.74, 6) is 0.640. The van der Waals surface area contributed by atoms with E-state index in [0.717, 1.165) is 30.7 Å². The number of carbonyl (C=O) groups is 2. The van der Waals surface area contributed by atoms with Gasteiger partial charge in [-0.05, 0) is 36.8 Å². The average Bonchev–Trinajstić information content (AvgIpc) is 3.53. The number of methoxy groups -OCH3 is 1. The van der Waals surface area contributed by atoms with Gasteiger partial charge in [0.15, 0.2) is 6.67 Å². The van der Waals surface area contributed by atoms with Crippen molar-refractivity contribution in [1.29, 1.82) is 0 Å². The average molecular weight is 380 g/mol. The highest BCUT2D eigenvalue weighted by molar-refractivity contribution is 6.07. The van der Waals surface area contributed by atoms with Crippen molar-refractivity contribution in [3.05, 3.63) is 65.7 Å². The quantitative estimate of drug-likeness (QED) is 0.719. The predicted molar refractivity (Wildman–Crippen MR) is 105 cm³/mol. The largest absolute Gasteiger partial charge is 0.497 e. The second-order valence-electron chi connectivity index (χ2n) is 7.77. The van der Waals surface area contributed by atoms with Crippen LogP contribution < -0.4 is 15.0 Å². The molecule has 2 aromatic carbocycles. The molecule has 4 rings (SSSR count). The van der Waals surface area contributed by atoms with E-state index in [0.29, 0.717) is 12.7 Å². The molecular weight excluding hydrogens is 354 g/mol. The van der Waals surface area contributed by atoms with Gasteiger partial charge in [0.2, 0.25) is 0 Å². The number of ether oxygens (including phenoxy) is 1. The van der Waals surface area contributed by atoms with Crippen molar-refractivity contribution in [2.24, 2.45) is 0 Å². The fourth-order valence-corrected chi connectivity index (χ4v) is 3.84. The molecule has 0 spiro atoms. The number of carbonyl (C=O) groups excluding carboxylic acids is 2. The first kappa shape index (κ1) is 18.5. The first-order valence-corrected chi connectivity index (χ1v) is 9.68. The number of hydrogen-bond acceptors (Lipinski definition) is 3. The van der Waals surface area contributed by atoms with E-state index in [4.69, 9.17) is 4.74 Å². The van der Waals surface area contributed by atoms with E-state index in [1.807, 2.05) is 54.6 Å². The van der Waals surface area contributed by atoms with E-state index < -0.39 is 5.54 Å². The zero-order chi connectivity index (χ0) is 19.7. The lowest BCUT2D eigenvalue weighted by atomic mass is 9.92. The molecule has 146 valence electrons. The van der Waals surface area contributed by atoms with Crippen molar-refractivity contribution in [3.63, 3.8) is 0 Å².